The minimum Gasteiger partial charge on any atom is -0.365 e. The molecule has 0 bridgehead atoms. The van der Waals surface area contributed by atoms with E-state index in [1.807, 2.05) is 37.3 Å². The number of hydrogen-bond acceptors (Lipinski definition) is 6. The molecule has 1 heterocycles. The molecule has 2 aromatic carbocycles. The number of thiophene rings is 1. The number of fused-ring (bicyclic) bond motifs is 1. The lowest BCUT2D eigenvalue weighted by Gasteiger charge is -2.17. The highest BCUT2D eigenvalue weighted by Gasteiger charge is 2.25. The van der Waals surface area contributed by atoms with Crippen LogP contribution >= 0.6 is 22.9 Å². The maximum Gasteiger partial charge on any atom is 0.304 e. The molecule has 6 nitrogen and oxygen atoms in total. The summed E-state index contributed by atoms with van der Waals surface area (Å²) in [6.45, 7) is 1.86. The van der Waals surface area contributed by atoms with Gasteiger partial charge in [-0.25, -0.2) is 8.42 Å². The standard InChI is InChI=1S/C17H15ClN2O4S2/c1-10(11-7-8-14(18)13-6-4-3-5-12(11)13)19-17-15(20(21)22)9-16(25-17)26(2,23)24/h3-10,19H,1-2H3. The third-order valence-corrected chi connectivity index (χ3v) is 7.16. The van der Waals surface area contributed by atoms with Gasteiger partial charge in [0.25, 0.3) is 0 Å². The van der Waals surface area contributed by atoms with Crippen molar-refractivity contribution in [2.24, 2.45) is 0 Å². The Bertz CT molecular complexity index is 1110. The van der Waals surface area contributed by atoms with Crippen LogP contribution in [0.25, 0.3) is 10.8 Å². The summed E-state index contributed by atoms with van der Waals surface area (Å²) in [5, 5.41) is 17.0. The van der Waals surface area contributed by atoms with Gasteiger partial charge in [0.2, 0.25) is 0 Å². The van der Waals surface area contributed by atoms with E-state index in [2.05, 4.69) is 5.32 Å². The molecule has 3 rings (SSSR count). The van der Waals surface area contributed by atoms with E-state index in [0.29, 0.717) is 5.02 Å². The number of halogens is 1. The van der Waals surface area contributed by atoms with E-state index in [1.54, 1.807) is 6.07 Å². The van der Waals surface area contributed by atoms with E-state index in [4.69, 9.17) is 11.6 Å². The van der Waals surface area contributed by atoms with E-state index in [-0.39, 0.29) is 20.9 Å². The van der Waals surface area contributed by atoms with E-state index >= 15 is 0 Å². The zero-order valence-corrected chi connectivity index (χ0v) is 16.3. The number of nitrogens with zero attached hydrogens (tertiary/aromatic N) is 1. The molecule has 1 atom stereocenters. The van der Waals surface area contributed by atoms with Gasteiger partial charge in [0, 0.05) is 22.7 Å². The molecule has 1 aromatic heterocycles. The highest BCUT2D eigenvalue weighted by atomic mass is 35.5. The Labute approximate surface area is 159 Å². The van der Waals surface area contributed by atoms with Crippen LogP contribution in [0.1, 0.15) is 18.5 Å². The van der Waals surface area contributed by atoms with Crippen molar-refractivity contribution in [1.82, 2.24) is 0 Å². The summed E-state index contributed by atoms with van der Waals surface area (Å²) in [7, 11) is -3.52. The Hall–Kier alpha value is -2.16. The molecular formula is C17H15ClN2O4S2. The first-order valence-electron chi connectivity index (χ1n) is 7.60. The number of sulfone groups is 1. The van der Waals surface area contributed by atoms with Crippen LogP contribution in [0.3, 0.4) is 0 Å². The van der Waals surface area contributed by atoms with Crippen molar-refractivity contribution in [1.29, 1.82) is 0 Å². The molecule has 0 saturated carbocycles. The molecule has 0 saturated heterocycles. The van der Waals surface area contributed by atoms with Crippen LogP contribution in [0.2, 0.25) is 5.02 Å². The minimum absolute atomic E-state index is 0.0418. The van der Waals surface area contributed by atoms with Crippen molar-refractivity contribution >= 4 is 54.2 Å². The summed E-state index contributed by atoms with van der Waals surface area (Å²) in [5.74, 6) is 0. The Kier molecular flexibility index (Phi) is 4.92. The van der Waals surface area contributed by atoms with E-state index in [1.165, 1.54) is 0 Å². The lowest BCUT2D eigenvalue weighted by atomic mass is 9.99. The van der Waals surface area contributed by atoms with Crippen molar-refractivity contribution in [3.8, 4) is 0 Å². The van der Waals surface area contributed by atoms with Gasteiger partial charge in [-0.3, -0.25) is 10.1 Å². The van der Waals surface area contributed by atoms with Crippen molar-refractivity contribution in [3.05, 3.63) is 63.2 Å². The molecule has 0 radical (unpaired) electrons. The fourth-order valence-corrected chi connectivity index (χ4v) is 4.97. The first kappa shape index (κ1) is 18.6. The quantitative estimate of drug-likeness (QED) is 0.470. The normalized spacial score (nSPS) is 12.9. The number of rotatable bonds is 5. The van der Waals surface area contributed by atoms with Gasteiger partial charge in [0.1, 0.15) is 4.21 Å². The molecule has 0 aliphatic carbocycles. The molecule has 0 amide bonds. The number of benzene rings is 2. The van der Waals surface area contributed by atoms with Crippen molar-refractivity contribution < 1.29 is 13.3 Å². The summed E-state index contributed by atoms with van der Waals surface area (Å²) in [6, 6.07) is 12.1. The molecule has 1 unspecified atom stereocenters. The van der Waals surface area contributed by atoms with Gasteiger partial charge < -0.3 is 5.32 Å². The van der Waals surface area contributed by atoms with Gasteiger partial charge in [-0.05, 0) is 23.9 Å². The topological polar surface area (TPSA) is 89.3 Å². The molecule has 0 spiro atoms. The van der Waals surface area contributed by atoms with E-state index < -0.39 is 14.8 Å². The van der Waals surface area contributed by atoms with Crippen molar-refractivity contribution in [3.63, 3.8) is 0 Å². The Balaban J connectivity index is 2.04. The number of hydrogen-bond donors (Lipinski definition) is 1. The predicted octanol–water partition coefficient (Wildman–Crippen LogP) is 5.04. The largest absolute Gasteiger partial charge is 0.365 e. The van der Waals surface area contributed by atoms with Crippen molar-refractivity contribution in [2.75, 3.05) is 11.6 Å². The molecule has 136 valence electrons. The van der Waals surface area contributed by atoms with E-state index in [9.17, 15) is 18.5 Å². The molecule has 0 aliphatic heterocycles. The SMILES string of the molecule is CC(Nc1sc(S(C)(=O)=O)cc1[N+](=O)[O-])c1ccc(Cl)c2ccccc12. The highest BCUT2D eigenvalue weighted by molar-refractivity contribution is 7.92. The number of nitro groups is 1. The smallest absolute Gasteiger partial charge is 0.304 e. The average molecular weight is 411 g/mol. The summed E-state index contributed by atoms with van der Waals surface area (Å²) < 4.78 is 23.4. The maximum atomic E-state index is 11.7. The summed E-state index contributed by atoms with van der Waals surface area (Å²) in [5.41, 5.74) is 0.661. The molecular weight excluding hydrogens is 396 g/mol. The number of nitrogens with one attached hydrogen (secondary N) is 1. The Morgan fingerprint density at radius 2 is 1.85 bits per heavy atom. The molecule has 9 heteroatoms. The zero-order chi connectivity index (χ0) is 19.1. The fraction of sp³-hybridized carbons (Fsp3) is 0.176. The van der Waals surface area contributed by atoms with Crippen LogP contribution in [0.5, 0.6) is 0 Å². The third kappa shape index (κ3) is 3.53. The molecule has 0 fully saturated rings. The van der Waals surface area contributed by atoms with Crippen LogP contribution in [-0.2, 0) is 9.84 Å². The second-order valence-corrected chi connectivity index (χ2v) is 9.56. The first-order chi connectivity index (χ1) is 12.2. The van der Waals surface area contributed by atoms with Crippen LogP contribution in [0.15, 0.2) is 46.7 Å². The predicted molar refractivity (Wildman–Crippen MR) is 105 cm³/mol. The van der Waals surface area contributed by atoms with Crippen LogP contribution in [0, 0.1) is 10.1 Å². The highest BCUT2D eigenvalue weighted by Crippen LogP contribution is 2.40. The van der Waals surface area contributed by atoms with Gasteiger partial charge in [0.05, 0.1) is 11.0 Å². The van der Waals surface area contributed by atoms with Crippen LogP contribution < -0.4 is 5.32 Å². The molecule has 1 N–H and O–H groups in total. The Morgan fingerprint density at radius 3 is 2.46 bits per heavy atom. The second-order valence-electron chi connectivity index (χ2n) is 5.86. The zero-order valence-electron chi connectivity index (χ0n) is 13.9. The van der Waals surface area contributed by atoms with Gasteiger partial charge in [-0.2, -0.15) is 0 Å². The summed E-state index contributed by atoms with van der Waals surface area (Å²) >= 11 is 7.10. The van der Waals surface area contributed by atoms with E-state index in [0.717, 1.165) is 40.0 Å². The molecule has 3 aromatic rings. The van der Waals surface area contributed by atoms with Crippen molar-refractivity contribution in [2.45, 2.75) is 17.2 Å². The van der Waals surface area contributed by atoms with Crippen LogP contribution in [0.4, 0.5) is 10.7 Å². The average Bonchev–Trinajstić information content (AvgIpc) is 2.99. The van der Waals surface area contributed by atoms with Gasteiger partial charge in [0.15, 0.2) is 14.8 Å². The van der Waals surface area contributed by atoms with Gasteiger partial charge in [-0.15, -0.1) is 0 Å². The fourth-order valence-electron chi connectivity index (χ4n) is 2.72. The molecule has 26 heavy (non-hydrogen) atoms. The minimum atomic E-state index is -3.52. The van der Waals surface area contributed by atoms with Gasteiger partial charge >= 0.3 is 5.69 Å². The van der Waals surface area contributed by atoms with Crippen LogP contribution in [-0.4, -0.2) is 19.6 Å². The summed E-state index contributed by atoms with van der Waals surface area (Å²) in [6.07, 6.45) is 1.03. The molecule has 0 aliphatic rings. The monoisotopic (exact) mass is 410 g/mol. The first-order valence-corrected chi connectivity index (χ1v) is 10.7. The third-order valence-electron chi connectivity index (χ3n) is 3.97. The maximum absolute atomic E-state index is 11.7. The lowest BCUT2D eigenvalue weighted by Crippen LogP contribution is -2.07. The second kappa shape index (κ2) is 6.86. The number of anilines is 1. The summed E-state index contributed by atoms with van der Waals surface area (Å²) in [4.78, 5) is 10.7. The lowest BCUT2D eigenvalue weighted by molar-refractivity contribution is -0.383. The van der Waals surface area contributed by atoms with Gasteiger partial charge in [-0.1, -0.05) is 53.3 Å². The Morgan fingerprint density at radius 1 is 1.19 bits per heavy atom.